The minimum atomic E-state index is 0.613. The molecular weight excluding hydrogens is 176 g/mol. The number of ether oxygens (including phenoxy) is 2. The molecule has 2 aromatic carbocycles. The molecule has 0 unspecified atom stereocenters. The fraction of sp³-hybridized carbons (Fsp3) is 0.167. The maximum atomic E-state index is 5.48. The van der Waals surface area contributed by atoms with E-state index >= 15 is 0 Å². The normalized spacial score (nSPS) is 14.3. The second-order valence-corrected chi connectivity index (χ2v) is 3.25. The summed E-state index contributed by atoms with van der Waals surface area (Å²) in [6.07, 6.45) is 0. The van der Waals surface area contributed by atoms with Crippen molar-refractivity contribution in [1.82, 2.24) is 0 Å². The zero-order valence-electron chi connectivity index (χ0n) is 7.62. The molecule has 0 aromatic heterocycles. The van der Waals surface area contributed by atoms with Crippen molar-refractivity contribution in [3.63, 3.8) is 0 Å². The first-order valence-corrected chi connectivity index (χ1v) is 4.64. The molecule has 14 heavy (non-hydrogen) atoms. The van der Waals surface area contributed by atoms with Crippen LogP contribution >= 0.6 is 0 Å². The second kappa shape index (κ2) is 2.91. The lowest BCUT2D eigenvalue weighted by Crippen LogP contribution is -2.15. The third-order valence-corrected chi connectivity index (χ3v) is 2.31. The predicted octanol–water partition coefficient (Wildman–Crippen LogP) is 2.41. The molecule has 2 heteroatoms. The van der Waals surface area contributed by atoms with Crippen LogP contribution in [-0.4, -0.2) is 13.2 Å². The Bertz CT molecular complexity index is 432. The number of hydrogen-bond donors (Lipinski definition) is 0. The smallest absolute Gasteiger partial charge is 0.169 e. The predicted molar refractivity (Wildman–Crippen MR) is 53.8 cm³/mol. The third-order valence-electron chi connectivity index (χ3n) is 2.31. The van der Waals surface area contributed by atoms with E-state index in [9.17, 15) is 0 Å². The van der Waals surface area contributed by atoms with Crippen molar-refractivity contribution >= 4 is 10.8 Å². The first kappa shape index (κ1) is 7.68. The molecule has 0 saturated carbocycles. The molecule has 2 aromatic rings. The van der Waals surface area contributed by atoms with Crippen LogP contribution in [0.2, 0.25) is 0 Å². The van der Waals surface area contributed by atoms with Crippen LogP contribution in [0.15, 0.2) is 30.3 Å². The third kappa shape index (κ3) is 1.11. The SMILES string of the molecule is [c]1c2c(cc3ccccc13)OCCO2. The van der Waals surface area contributed by atoms with E-state index in [4.69, 9.17) is 9.47 Å². The first-order valence-electron chi connectivity index (χ1n) is 4.64. The molecule has 1 aliphatic heterocycles. The lowest BCUT2D eigenvalue weighted by molar-refractivity contribution is 0.171. The molecule has 1 aliphatic rings. The summed E-state index contributed by atoms with van der Waals surface area (Å²) in [6.45, 7) is 1.24. The van der Waals surface area contributed by atoms with E-state index in [0.717, 1.165) is 22.3 Å². The number of fused-ring (bicyclic) bond motifs is 2. The summed E-state index contributed by atoms with van der Waals surface area (Å²) in [6, 6.07) is 13.3. The fourth-order valence-electron chi connectivity index (χ4n) is 1.64. The van der Waals surface area contributed by atoms with Crippen LogP contribution in [0.5, 0.6) is 11.5 Å². The lowest BCUT2D eigenvalue weighted by Gasteiger charge is -2.18. The van der Waals surface area contributed by atoms with Crippen LogP contribution in [0.1, 0.15) is 0 Å². The number of rotatable bonds is 0. The highest BCUT2D eigenvalue weighted by Crippen LogP contribution is 2.33. The fourth-order valence-corrected chi connectivity index (χ4v) is 1.64. The van der Waals surface area contributed by atoms with Gasteiger partial charge < -0.3 is 9.47 Å². The summed E-state index contributed by atoms with van der Waals surface area (Å²) in [5.41, 5.74) is 0. The minimum Gasteiger partial charge on any atom is -0.486 e. The molecule has 69 valence electrons. The lowest BCUT2D eigenvalue weighted by atomic mass is 10.1. The molecule has 0 aliphatic carbocycles. The van der Waals surface area contributed by atoms with Gasteiger partial charge in [0.1, 0.15) is 13.2 Å². The highest BCUT2D eigenvalue weighted by atomic mass is 16.6. The maximum Gasteiger partial charge on any atom is 0.169 e. The Morgan fingerprint density at radius 2 is 1.93 bits per heavy atom. The van der Waals surface area contributed by atoms with E-state index in [1.54, 1.807) is 0 Å². The second-order valence-electron chi connectivity index (χ2n) is 3.25. The Morgan fingerprint density at radius 1 is 1.07 bits per heavy atom. The molecule has 0 atom stereocenters. The van der Waals surface area contributed by atoms with Gasteiger partial charge in [-0.25, -0.2) is 0 Å². The van der Waals surface area contributed by atoms with Crippen molar-refractivity contribution in [2.45, 2.75) is 0 Å². The molecule has 1 heterocycles. The average Bonchev–Trinajstić information content (AvgIpc) is 2.26. The molecule has 0 saturated heterocycles. The summed E-state index contributed by atoms with van der Waals surface area (Å²) in [7, 11) is 0. The van der Waals surface area contributed by atoms with Crippen LogP contribution in [0.3, 0.4) is 0 Å². The van der Waals surface area contributed by atoms with Crippen LogP contribution in [0.25, 0.3) is 10.8 Å². The minimum absolute atomic E-state index is 0.613. The molecule has 0 bridgehead atoms. The Morgan fingerprint density at radius 3 is 2.93 bits per heavy atom. The zero-order chi connectivity index (χ0) is 9.38. The van der Waals surface area contributed by atoms with Crippen molar-refractivity contribution in [3.05, 3.63) is 36.4 Å². The average molecular weight is 185 g/mol. The maximum absolute atomic E-state index is 5.48. The standard InChI is InChI=1S/C12H9O2/c1-2-4-10-8-12-11(7-9(10)3-1)13-5-6-14-12/h1-4,7H,5-6H2. The van der Waals surface area contributed by atoms with Crippen molar-refractivity contribution < 1.29 is 9.47 Å². The van der Waals surface area contributed by atoms with Crippen LogP contribution in [0, 0.1) is 6.07 Å². The Hall–Kier alpha value is -1.70. The molecule has 0 N–H and O–H groups in total. The van der Waals surface area contributed by atoms with E-state index in [1.165, 1.54) is 0 Å². The molecular formula is C12H9O2. The Balaban J connectivity index is 2.27. The largest absolute Gasteiger partial charge is 0.486 e. The van der Waals surface area contributed by atoms with E-state index in [1.807, 2.05) is 30.3 Å². The molecule has 1 radical (unpaired) electrons. The molecule has 3 rings (SSSR count). The summed E-state index contributed by atoms with van der Waals surface area (Å²) < 4.78 is 10.9. The Labute approximate surface area is 82.1 Å². The molecule has 2 nitrogen and oxygen atoms in total. The van der Waals surface area contributed by atoms with Gasteiger partial charge in [-0.1, -0.05) is 24.3 Å². The molecule has 0 fully saturated rings. The van der Waals surface area contributed by atoms with Gasteiger partial charge in [0.15, 0.2) is 11.5 Å². The van der Waals surface area contributed by atoms with Gasteiger partial charge in [-0.2, -0.15) is 0 Å². The van der Waals surface area contributed by atoms with Crippen LogP contribution in [-0.2, 0) is 0 Å². The highest BCUT2D eigenvalue weighted by molar-refractivity contribution is 5.85. The summed E-state index contributed by atoms with van der Waals surface area (Å²) in [4.78, 5) is 0. The van der Waals surface area contributed by atoms with Gasteiger partial charge in [0, 0.05) is 6.07 Å². The van der Waals surface area contributed by atoms with Gasteiger partial charge in [0.25, 0.3) is 0 Å². The van der Waals surface area contributed by atoms with Crippen molar-refractivity contribution in [2.24, 2.45) is 0 Å². The van der Waals surface area contributed by atoms with E-state index in [-0.39, 0.29) is 0 Å². The van der Waals surface area contributed by atoms with Crippen molar-refractivity contribution in [1.29, 1.82) is 0 Å². The number of benzene rings is 2. The molecule has 0 amide bonds. The summed E-state index contributed by atoms with van der Waals surface area (Å²) in [5, 5.41) is 2.20. The first-order chi connectivity index (χ1) is 6.93. The summed E-state index contributed by atoms with van der Waals surface area (Å²) in [5.74, 6) is 1.53. The van der Waals surface area contributed by atoms with E-state index in [2.05, 4.69) is 6.07 Å². The van der Waals surface area contributed by atoms with E-state index < -0.39 is 0 Å². The monoisotopic (exact) mass is 185 g/mol. The number of hydrogen-bond acceptors (Lipinski definition) is 2. The van der Waals surface area contributed by atoms with Crippen LogP contribution in [0.4, 0.5) is 0 Å². The van der Waals surface area contributed by atoms with E-state index in [0.29, 0.717) is 13.2 Å². The topological polar surface area (TPSA) is 18.5 Å². The van der Waals surface area contributed by atoms with Gasteiger partial charge >= 0.3 is 0 Å². The van der Waals surface area contributed by atoms with Crippen molar-refractivity contribution in [3.8, 4) is 11.5 Å². The highest BCUT2D eigenvalue weighted by Gasteiger charge is 2.12. The quantitative estimate of drug-likeness (QED) is 0.627. The molecule has 0 spiro atoms. The van der Waals surface area contributed by atoms with Crippen molar-refractivity contribution in [2.75, 3.05) is 13.2 Å². The van der Waals surface area contributed by atoms with Crippen LogP contribution < -0.4 is 9.47 Å². The van der Waals surface area contributed by atoms with Gasteiger partial charge in [-0.3, -0.25) is 0 Å². The summed E-state index contributed by atoms with van der Waals surface area (Å²) >= 11 is 0. The Kier molecular flexibility index (Phi) is 1.60. The van der Waals surface area contributed by atoms with Gasteiger partial charge in [-0.05, 0) is 16.8 Å². The van der Waals surface area contributed by atoms with Gasteiger partial charge in [0.05, 0.1) is 0 Å². The van der Waals surface area contributed by atoms with Gasteiger partial charge in [-0.15, -0.1) is 0 Å². The van der Waals surface area contributed by atoms with Gasteiger partial charge in [0.2, 0.25) is 0 Å². The zero-order valence-corrected chi connectivity index (χ0v) is 7.62.